The number of hydrogen-bond acceptors (Lipinski definition) is 1. The van der Waals surface area contributed by atoms with Crippen molar-refractivity contribution in [2.75, 3.05) is 7.05 Å². The van der Waals surface area contributed by atoms with Crippen LogP contribution in [0.5, 0.6) is 0 Å². The molecule has 1 heterocycles. The van der Waals surface area contributed by atoms with E-state index in [0.717, 1.165) is 21.1 Å². The van der Waals surface area contributed by atoms with Gasteiger partial charge in [0.2, 0.25) is 5.91 Å². The fourth-order valence-electron chi connectivity index (χ4n) is 1.82. The maximum atomic E-state index is 11.4. The van der Waals surface area contributed by atoms with E-state index in [-0.39, 0.29) is 5.91 Å². The first kappa shape index (κ1) is 11.2. The van der Waals surface area contributed by atoms with Gasteiger partial charge in [-0.25, -0.2) is 0 Å². The zero-order valence-electron chi connectivity index (χ0n) is 9.25. The Kier molecular flexibility index (Phi) is 3.01. The predicted molar refractivity (Wildman–Crippen MR) is 68.4 cm³/mol. The lowest BCUT2D eigenvalue weighted by Crippen LogP contribution is -2.23. The molecule has 16 heavy (non-hydrogen) atoms. The zero-order valence-corrected chi connectivity index (χ0v) is 10.8. The van der Waals surface area contributed by atoms with Gasteiger partial charge in [0.25, 0.3) is 0 Å². The first-order chi connectivity index (χ1) is 7.65. The number of likely N-dealkylation sites (N-methyl/N-ethyl adjacent to an activating group) is 1. The molecule has 0 atom stereocenters. The number of para-hydroxylation sites is 1. The van der Waals surface area contributed by atoms with Crippen molar-refractivity contribution in [3.05, 3.63) is 34.4 Å². The number of fused-ring (bicyclic) bond motifs is 1. The summed E-state index contributed by atoms with van der Waals surface area (Å²) in [6.45, 7) is 2.36. The molecule has 0 radical (unpaired) electrons. The van der Waals surface area contributed by atoms with E-state index in [9.17, 15) is 4.79 Å². The van der Waals surface area contributed by atoms with Crippen LogP contribution in [0.2, 0.25) is 0 Å². The maximum Gasteiger partial charge on any atom is 0.239 e. The Balaban J connectivity index is 2.59. The smallest absolute Gasteiger partial charge is 0.239 e. The molecule has 2 rings (SSSR count). The van der Waals surface area contributed by atoms with Gasteiger partial charge >= 0.3 is 0 Å². The molecular weight excluding hydrogens is 268 g/mol. The van der Waals surface area contributed by atoms with Crippen molar-refractivity contribution in [3.63, 3.8) is 0 Å². The number of nitrogens with zero attached hydrogens (tertiary/aromatic N) is 1. The molecule has 2 aromatic rings. The highest BCUT2D eigenvalue weighted by molar-refractivity contribution is 9.10. The minimum absolute atomic E-state index is 0.0105. The Labute approximate surface area is 103 Å². The van der Waals surface area contributed by atoms with Gasteiger partial charge in [-0.1, -0.05) is 18.2 Å². The molecule has 0 aliphatic carbocycles. The number of hydrogen-bond donors (Lipinski definition) is 1. The minimum Gasteiger partial charge on any atom is -0.358 e. The summed E-state index contributed by atoms with van der Waals surface area (Å²) in [6.07, 6.45) is 0. The largest absolute Gasteiger partial charge is 0.358 e. The second-order valence-electron chi connectivity index (χ2n) is 3.68. The normalized spacial score (nSPS) is 10.7. The third-order valence-electron chi connectivity index (χ3n) is 2.73. The lowest BCUT2D eigenvalue weighted by molar-refractivity contribution is -0.121. The van der Waals surface area contributed by atoms with Gasteiger partial charge in [0.1, 0.15) is 6.54 Å². The molecule has 4 heteroatoms. The van der Waals surface area contributed by atoms with Gasteiger partial charge in [0.15, 0.2) is 0 Å². The highest BCUT2D eigenvalue weighted by atomic mass is 79.9. The molecule has 0 fully saturated rings. The van der Waals surface area contributed by atoms with Crippen LogP contribution in [0.25, 0.3) is 10.9 Å². The second-order valence-corrected chi connectivity index (χ2v) is 4.47. The molecule has 0 unspecified atom stereocenters. The highest BCUT2D eigenvalue weighted by Crippen LogP contribution is 2.30. The molecule has 0 bridgehead atoms. The molecule has 1 aromatic carbocycles. The lowest BCUT2D eigenvalue weighted by Gasteiger charge is -2.06. The van der Waals surface area contributed by atoms with Crippen molar-refractivity contribution < 1.29 is 4.79 Å². The van der Waals surface area contributed by atoms with Crippen LogP contribution < -0.4 is 5.32 Å². The number of aromatic nitrogens is 1. The van der Waals surface area contributed by atoms with E-state index in [1.165, 1.54) is 0 Å². The quantitative estimate of drug-likeness (QED) is 0.901. The van der Waals surface area contributed by atoms with E-state index in [1.54, 1.807) is 7.05 Å². The first-order valence-corrected chi connectivity index (χ1v) is 5.88. The average molecular weight is 281 g/mol. The molecule has 3 nitrogen and oxygen atoms in total. The van der Waals surface area contributed by atoms with Crippen molar-refractivity contribution in [1.82, 2.24) is 9.88 Å². The van der Waals surface area contributed by atoms with Gasteiger partial charge in [-0.2, -0.15) is 0 Å². The monoisotopic (exact) mass is 280 g/mol. The molecule has 1 amide bonds. The Morgan fingerprint density at radius 1 is 1.44 bits per heavy atom. The molecule has 0 spiro atoms. The predicted octanol–water partition coefficient (Wildman–Crippen LogP) is 2.46. The van der Waals surface area contributed by atoms with E-state index in [1.807, 2.05) is 35.8 Å². The van der Waals surface area contributed by atoms with Crippen molar-refractivity contribution in [2.24, 2.45) is 0 Å². The highest BCUT2D eigenvalue weighted by Gasteiger charge is 2.12. The second kappa shape index (κ2) is 4.29. The number of carbonyl (C=O) groups excluding carboxylic acids is 1. The number of benzene rings is 1. The number of halogens is 1. The third-order valence-corrected chi connectivity index (χ3v) is 3.74. The molecule has 0 aliphatic heterocycles. The molecule has 0 aliphatic rings. The van der Waals surface area contributed by atoms with E-state index < -0.39 is 0 Å². The summed E-state index contributed by atoms with van der Waals surface area (Å²) >= 11 is 3.56. The molecule has 0 saturated heterocycles. The Morgan fingerprint density at radius 3 is 2.81 bits per heavy atom. The van der Waals surface area contributed by atoms with E-state index in [4.69, 9.17) is 0 Å². The molecule has 1 N–H and O–H groups in total. The van der Waals surface area contributed by atoms with Gasteiger partial charge < -0.3 is 9.88 Å². The van der Waals surface area contributed by atoms with Crippen LogP contribution in [0.15, 0.2) is 28.7 Å². The summed E-state index contributed by atoms with van der Waals surface area (Å²) in [6, 6.07) is 8.05. The number of rotatable bonds is 2. The van der Waals surface area contributed by atoms with Gasteiger partial charge in [-0.3, -0.25) is 4.79 Å². The first-order valence-electron chi connectivity index (χ1n) is 5.09. The summed E-state index contributed by atoms with van der Waals surface area (Å²) in [7, 11) is 1.65. The Morgan fingerprint density at radius 2 is 2.12 bits per heavy atom. The summed E-state index contributed by atoms with van der Waals surface area (Å²) in [4.78, 5) is 11.4. The standard InChI is InChI=1S/C12H13BrN2O/c1-8-12(13)9-5-3-4-6-10(9)15(8)7-11(16)14-2/h3-6H,7H2,1-2H3,(H,14,16). The Hall–Kier alpha value is -1.29. The van der Waals surface area contributed by atoms with Crippen LogP contribution in [0.4, 0.5) is 0 Å². The number of nitrogens with one attached hydrogen (secondary N) is 1. The summed E-state index contributed by atoms with van der Waals surface area (Å²) in [5.74, 6) is 0.0105. The van der Waals surface area contributed by atoms with Gasteiger partial charge in [0.05, 0.1) is 0 Å². The van der Waals surface area contributed by atoms with Crippen LogP contribution in [0.3, 0.4) is 0 Å². The fourth-order valence-corrected chi connectivity index (χ4v) is 2.36. The SMILES string of the molecule is CNC(=O)Cn1c(C)c(Br)c2ccccc21. The maximum absolute atomic E-state index is 11.4. The van der Waals surface area contributed by atoms with E-state index in [2.05, 4.69) is 21.2 Å². The van der Waals surface area contributed by atoms with Crippen LogP contribution in [0.1, 0.15) is 5.69 Å². The van der Waals surface area contributed by atoms with Gasteiger partial charge in [-0.15, -0.1) is 0 Å². The lowest BCUT2D eigenvalue weighted by atomic mass is 10.2. The summed E-state index contributed by atoms with van der Waals surface area (Å²) < 4.78 is 3.07. The van der Waals surface area contributed by atoms with Crippen LogP contribution in [-0.4, -0.2) is 17.5 Å². The minimum atomic E-state index is 0.0105. The fraction of sp³-hybridized carbons (Fsp3) is 0.250. The Bertz CT molecular complexity index is 545. The van der Waals surface area contributed by atoms with Crippen LogP contribution in [-0.2, 0) is 11.3 Å². The molecule has 1 aromatic heterocycles. The molecule has 84 valence electrons. The van der Waals surface area contributed by atoms with Crippen molar-refractivity contribution >= 4 is 32.7 Å². The van der Waals surface area contributed by atoms with E-state index in [0.29, 0.717) is 6.54 Å². The summed E-state index contributed by atoms with van der Waals surface area (Å²) in [5.41, 5.74) is 2.15. The average Bonchev–Trinajstić information content (AvgIpc) is 2.55. The van der Waals surface area contributed by atoms with Crippen molar-refractivity contribution in [2.45, 2.75) is 13.5 Å². The van der Waals surface area contributed by atoms with Crippen LogP contribution in [0, 0.1) is 6.92 Å². The third kappa shape index (κ3) is 1.73. The topological polar surface area (TPSA) is 34.0 Å². The van der Waals surface area contributed by atoms with Gasteiger partial charge in [-0.05, 0) is 28.9 Å². The number of carbonyl (C=O) groups is 1. The molecule has 0 saturated carbocycles. The zero-order chi connectivity index (χ0) is 11.7. The van der Waals surface area contributed by atoms with E-state index >= 15 is 0 Å². The van der Waals surface area contributed by atoms with Gasteiger partial charge in [0, 0.05) is 28.1 Å². The van der Waals surface area contributed by atoms with Crippen molar-refractivity contribution in [1.29, 1.82) is 0 Å². The molecular formula is C12H13BrN2O. The summed E-state index contributed by atoms with van der Waals surface area (Å²) in [5, 5.41) is 3.78. The number of amides is 1. The van der Waals surface area contributed by atoms with Crippen molar-refractivity contribution in [3.8, 4) is 0 Å². The van der Waals surface area contributed by atoms with Crippen LogP contribution >= 0.6 is 15.9 Å².